The fraction of sp³-hybridized carbons (Fsp3) is 0.778. The lowest BCUT2D eigenvalue weighted by Crippen LogP contribution is -2.53. The minimum atomic E-state index is 0.694. The molecule has 1 saturated heterocycles. The van der Waals surface area contributed by atoms with Crippen LogP contribution in [0.25, 0.3) is 0 Å². The molecule has 10 heavy (non-hydrogen) atoms. The molecule has 0 aromatic heterocycles. The van der Waals surface area contributed by atoms with Crippen molar-refractivity contribution < 1.29 is 0 Å². The third kappa shape index (κ3) is 0.891. The van der Waals surface area contributed by atoms with Crippen LogP contribution in [-0.4, -0.2) is 13.1 Å². The normalized spacial score (nSPS) is 29.5. The average Bonchev–Trinajstić information content (AvgIpc) is 1.86. The van der Waals surface area contributed by atoms with E-state index in [4.69, 9.17) is 0 Å². The molecule has 0 unspecified atom stereocenters. The molecular weight excluding hydrogens is 122 g/mol. The van der Waals surface area contributed by atoms with Crippen LogP contribution in [0, 0.1) is 5.41 Å². The summed E-state index contributed by atoms with van der Waals surface area (Å²) in [6, 6.07) is 0. The van der Waals surface area contributed by atoms with Gasteiger partial charge in [0.25, 0.3) is 0 Å². The molecule has 0 bridgehead atoms. The maximum atomic E-state index is 3.36. The van der Waals surface area contributed by atoms with Crippen molar-refractivity contribution in [1.82, 2.24) is 5.32 Å². The molecule has 1 nitrogen and oxygen atoms in total. The van der Waals surface area contributed by atoms with Gasteiger partial charge in [-0.3, -0.25) is 0 Å². The van der Waals surface area contributed by atoms with Crippen LogP contribution < -0.4 is 5.32 Å². The van der Waals surface area contributed by atoms with Crippen LogP contribution in [-0.2, 0) is 0 Å². The Balaban J connectivity index is 2.04. The summed E-state index contributed by atoms with van der Waals surface area (Å²) in [7, 11) is 0. The molecule has 1 aliphatic heterocycles. The van der Waals surface area contributed by atoms with Crippen molar-refractivity contribution >= 4 is 0 Å². The number of allylic oxidation sites excluding steroid dienone is 2. The first-order valence-corrected chi connectivity index (χ1v) is 4.17. The van der Waals surface area contributed by atoms with Crippen molar-refractivity contribution in [2.75, 3.05) is 13.1 Å². The summed E-state index contributed by atoms with van der Waals surface area (Å²) in [5.41, 5.74) is 2.29. The molecule has 1 heterocycles. The summed E-state index contributed by atoms with van der Waals surface area (Å²) in [6.45, 7) is 4.77. The SMILES string of the molecule is CC1=CCC2(CC1)CNC2. The van der Waals surface area contributed by atoms with Crippen LogP contribution >= 0.6 is 0 Å². The highest BCUT2D eigenvalue weighted by Crippen LogP contribution is 2.38. The highest BCUT2D eigenvalue weighted by atomic mass is 15.0. The Morgan fingerprint density at radius 1 is 1.50 bits per heavy atom. The van der Waals surface area contributed by atoms with Gasteiger partial charge in [-0.25, -0.2) is 0 Å². The van der Waals surface area contributed by atoms with Crippen molar-refractivity contribution in [2.45, 2.75) is 26.2 Å². The lowest BCUT2D eigenvalue weighted by atomic mass is 9.71. The van der Waals surface area contributed by atoms with Crippen LogP contribution in [0.15, 0.2) is 11.6 Å². The Morgan fingerprint density at radius 2 is 2.30 bits per heavy atom. The van der Waals surface area contributed by atoms with Crippen LogP contribution in [0.4, 0.5) is 0 Å². The number of rotatable bonds is 0. The molecule has 0 atom stereocenters. The maximum absolute atomic E-state index is 3.36. The molecule has 0 aromatic carbocycles. The molecule has 1 aliphatic carbocycles. The molecule has 56 valence electrons. The first-order chi connectivity index (χ1) is 4.81. The Bertz CT molecular complexity index is 166. The molecular formula is C9H15N. The van der Waals surface area contributed by atoms with Gasteiger partial charge in [-0.05, 0) is 31.6 Å². The van der Waals surface area contributed by atoms with Crippen molar-refractivity contribution in [3.8, 4) is 0 Å². The third-order valence-corrected chi connectivity index (χ3v) is 2.93. The van der Waals surface area contributed by atoms with Gasteiger partial charge >= 0.3 is 0 Å². The minimum Gasteiger partial charge on any atom is -0.316 e. The summed E-state index contributed by atoms with van der Waals surface area (Å²) < 4.78 is 0. The van der Waals surface area contributed by atoms with Gasteiger partial charge in [-0.2, -0.15) is 0 Å². The Kier molecular flexibility index (Phi) is 1.34. The highest BCUT2D eigenvalue weighted by molar-refractivity contribution is 5.10. The quantitative estimate of drug-likeness (QED) is 0.501. The van der Waals surface area contributed by atoms with E-state index < -0.39 is 0 Å². The average molecular weight is 137 g/mol. The van der Waals surface area contributed by atoms with Crippen LogP contribution in [0.5, 0.6) is 0 Å². The van der Waals surface area contributed by atoms with Gasteiger partial charge in [0, 0.05) is 13.1 Å². The Morgan fingerprint density at radius 3 is 2.70 bits per heavy atom. The van der Waals surface area contributed by atoms with Crippen molar-refractivity contribution in [1.29, 1.82) is 0 Å². The number of nitrogens with one attached hydrogen (secondary N) is 1. The summed E-state index contributed by atoms with van der Waals surface area (Å²) in [6.07, 6.45) is 6.50. The fourth-order valence-corrected chi connectivity index (χ4v) is 1.86. The summed E-state index contributed by atoms with van der Waals surface area (Å²) in [4.78, 5) is 0. The van der Waals surface area contributed by atoms with Gasteiger partial charge in [0.2, 0.25) is 0 Å². The Labute approximate surface area is 62.5 Å². The minimum absolute atomic E-state index is 0.694. The van der Waals surface area contributed by atoms with Gasteiger partial charge in [0.1, 0.15) is 0 Å². The zero-order valence-electron chi connectivity index (χ0n) is 6.61. The van der Waals surface area contributed by atoms with Crippen molar-refractivity contribution in [3.05, 3.63) is 11.6 Å². The van der Waals surface area contributed by atoms with E-state index in [-0.39, 0.29) is 0 Å². The van der Waals surface area contributed by atoms with Gasteiger partial charge in [-0.15, -0.1) is 0 Å². The van der Waals surface area contributed by atoms with E-state index in [0.717, 1.165) is 0 Å². The molecule has 1 spiro atoms. The molecule has 1 fully saturated rings. The second-order valence-electron chi connectivity index (χ2n) is 3.86. The Hall–Kier alpha value is -0.300. The summed E-state index contributed by atoms with van der Waals surface area (Å²) >= 11 is 0. The largest absolute Gasteiger partial charge is 0.316 e. The van der Waals surface area contributed by atoms with E-state index in [1.54, 1.807) is 5.57 Å². The molecule has 0 radical (unpaired) electrons. The second-order valence-corrected chi connectivity index (χ2v) is 3.86. The molecule has 1 N–H and O–H groups in total. The topological polar surface area (TPSA) is 12.0 Å². The first kappa shape index (κ1) is 6.41. The lowest BCUT2D eigenvalue weighted by Gasteiger charge is -2.44. The van der Waals surface area contributed by atoms with Gasteiger partial charge in [0.05, 0.1) is 0 Å². The summed E-state index contributed by atoms with van der Waals surface area (Å²) in [5.74, 6) is 0. The van der Waals surface area contributed by atoms with Crippen LogP contribution in [0.2, 0.25) is 0 Å². The molecule has 0 amide bonds. The van der Waals surface area contributed by atoms with Gasteiger partial charge in [0.15, 0.2) is 0 Å². The fourth-order valence-electron chi connectivity index (χ4n) is 1.86. The van der Waals surface area contributed by atoms with E-state index >= 15 is 0 Å². The van der Waals surface area contributed by atoms with Crippen LogP contribution in [0.3, 0.4) is 0 Å². The summed E-state index contributed by atoms with van der Waals surface area (Å²) in [5, 5.41) is 3.36. The smallest absolute Gasteiger partial charge is 0.00233 e. The lowest BCUT2D eigenvalue weighted by molar-refractivity contribution is 0.149. The molecule has 0 aromatic rings. The van der Waals surface area contributed by atoms with E-state index in [1.807, 2.05) is 0 Å². The van der Waals surface area contributed by atoms with Crippen LogP contribution in [0.1, 0.15) is 26.2 Å². The predicted octanol–water partition coefficient (Wildman–Crippen LogP) is 1.71. The van der Waals surface area contributed by atoms with Gasteiger partial charge < -0.3 is 5.32 Å². The second kappa shape index (κ2) is 2.09. The molecule has 1 heteroatoms. The first-order valence-electron chi connectivity index (χ1n) is 4.17. The van der Waals surface area contributed by atoms with E-state index in [9.17, 15) is 0 Å². The number of hydrogen-bond acceptors (Lipinski definition) is 1. The third-order valence-electron chi connectivity index (χ3n) is 2.93. The monoisotopic (exact) mass is 137 g/mol. The zero-order chi connectivity index (χ0) is 7.03. The maximum Gasteiger partial charge on any atom is 0.00233 e. The van der Waals surface area contributed by atoms with E-state index in [0.29, 0.717) is 5.41 Å². The number of hydrogen-bond donors (Lipinski definition) is 1. The van der Waals surface area contributed by atoms with Gasteiger partial charge in [-0.1, -0.05) is 11.6 Å². The molecule has 2 aliphatic rings. The van der Waals surface area contributed by atoms with E-state index in [2.05, 4.69) is 18.3 Å². The van der Waals surface area contributed by atoms with Crippen molar-refractivity contribution in [3.63, 3.8) is 0 Å². The predicted molar refractivity (Wildman–Crippen MR) is 42.9 cm³/mol. The highest BCUT2D eigenvalue weighted by Gasteiger charge is 2.36. The molecule has 0 saturated carbocycles. The van der Waals surface area contributed by atoms with Crippen molar-refractivity contribution in [2.24, 2.45) is 5.41 Å². The standard InChI is InChI=1S/C9H15N/c1-8-2-4-9(5-3-8)6-10-7-9/h2,10H,3-7H2,1H3. The molecule has 2 rings (SSSR count). The zero-order valence-corrected chi connectivity index (χ0v) is 6.61. The van der Waals surface area contributed by atoms with E-state index in [1.165, 1.54) is 32.4 Å².